The van der Waals surface area contributed by atoms with E-state index in [0.29, 0.717) is 25.5 Å². The Morgan fingerprint density at radius 3 is 2.56 bits per heavy atom. The number of nitrogens with one attached hydrogen (secondary N) is 2. The van der Waals surface area contributed by atoms with Crippen molar-refractivity contribution in [1.29, 1.82) is 0 Å². The first-order chi connectivity index (χ1) is 12.3. The van der Waals surface area contributed by atoms with Gasteiger partial charge in [-0.25, -0.2) is 8.42 Å². The van der Waals surface area contributed by atoms with Crippen LogP contribution in [0.3, 0.4) is 0 Å². The lowest BCUT2D eigenvalue weighted by atomic mass is 10.2. The van der Waals surface area contributed by atoms with Crippen LogP contribution in [0.25, 0.3) is 0 Å². The summed E-state index contributed by atoms with van der Waals surface area (Å²) in [5.41, 5.74) is 1.15. The van der Waals surface area contributed by atoms with Gasteiger partial charge in [-0.3, -0.25) is 9.79 Å². The fourth-order valence-electron chi connectivity index (χ4n) is 2.82. The lowest BCUT2D eigenvalue weighted by Crippen LogP contribution is -2.41. The molecule has 0 aliphatic carbocycles. The number of nitrogens with zero attached hydrogens (tertiary/aromatic N) is 2. The zero-order valence-electron chi connectivity index (χ0n) is 15.4. The molecule has 0 saturated carbocycles. The molecular weight excluding hydrogens is 547 g/mol. The quantitative estimate of drug-likeness (QED) is 0.308. The van der Waals surface area contributed by atoms with Crippen molar-refractivity contribution < 1.29 is 13.2 Å². The second-order valence-corrected chi connectivity index (χ2v) is 9.52. The highest BCUT2D eigenvalue weighted by Crippen LogP contribution is 2.12. The Labute approximate surface area is 186 Å². The average Bonchev–Trinajstić information content (AvgIpc) is 2.92. The molecule has 2 N–H and O–H groups in total. The van der Waals surface area contributed by atoms with Gasteiger partial charge in [0.1, 0.15) is 0 Å². The number of carbonyl (C=O) groups is 1. The Kier molecular flexibility index (Phi) is 10.0. The van der Waals surface area contributed by atoms with Gasteiger partial charge >= 0.3 is 0 Å². The van der Waals surface area contributed by atoms with E-state index >= 15 is 0 Å². The summed E-state index contributed by atoms with van der Waals surface area (Å²) in [5, 5.41) is 5.95. The molecule has 1 heterocycles. The van der Waals surface area contributed by atoms with Crippen LogP contribution in [0.4, 0.5) is 0 Å². The van der Waals surface area contributed by atoms with E-state index in [2.05, 4.69) is 31.6 Å². The fourth-order valence-corrected chi connectivity index (χ4v) is 4.76. The molecule has 7 nitrogen and oxygen atoms in total. The normalized spacial score (nSPS) is 18.5. The van der Waals surface area contributed by atoms with Gasteiger partial charge in [0.25, 0.3) is 0 Å². The molecule has 1 aromatic rings. The predicted molar refractivity (Wildman–Crippen MR) is 122 cm³/mol. The maximum Gasteiger partial charge on any atom is 0.222 e. The monoisotopic (exact) mass is 572 g/mol. The predicted octanol–water partition coefficient (Wildman–Crippen LogP) is 1.77. The highest BCUT2D eigenvalue weighted by molar-refractivity contribution is 14.0. The van der Waals surface area contributed by atoms with Gasteiger partial charge in [0.2, 0.25) is 5.91 Å². The van der Waals surface area contributed by atoms with Crippen LogP contribution in [0.1, 0.15) is 18.4 Å². The summed E-state index contributed by atoms with van der Waals surface area (Å²) in [6.45, 7) is 1.13. The van der Waals surface area contributed by atoms with Crippen LogP contribution in [0.2, 0.25) is 0 Å². The maximum absolute atomic E-state index is 12.0. The van der Waals surface area contributed by atoms with Crippen molar-refractivity contribution in [2.75, 3.05) is 32.1 Å². The molecule has 1 unspecified atom stereocenters. The molecule has 0 bridgehead atoms. The number of rotatable bonds is 6. The van der Waals surface area contributed by atoms with E-state index in [4.69, 9.17) is 0 Å². The summed E-state index contributed by atoms with van der Waals surface area (Å²) in [7, 11) is 0.648. The zero-order chi connectivity index (χ0) is 19.2. The third kappa shape index (κ3) is 8.34. The minimum absolute atomic E-state index is 0. The molecule has 1 fully saturated rings. The Bertz CT molecular complexity index is 756. The van der Waals surface area contributed by atoms with E-state index in [1.54, 1.807) is 7.05 Å². The number of halogens is 2. The highest BCUT2D eigenvalue weighted by Gasteiger charge is 2.28. The van der Waals surface area contributed by atoms with Crippen LogP contribution >= 0.6 is 39.9 Å². The van der Waals surface area contributed by atoms with Gasteiger partial charge in [-0.05, 0) is 24.1 Å². The van der Waals surface area contributed by atoms with Crippen molar-refractivity contribution in [3.05, 3.63) is 34.3 Å². The summed E-state index contributed by atoms with van der Waals surface area (Å²) in [6, 6.07) is 7.81. The van der Waals surface area contributed by atoms with Crippen LogP contribution < -0.4 is 10.6 Å². The third-order valence-corrected chi connectivity index (χ3v) is 6.44. The molecule has 1 saturated heterocycles. The topological polar surface area (TPSA) is 90.9 Å². The van der Waals surface area contributed by atoms with Crippen molar-refractivity contribution in [3.8, 4) is 0 Å². The number of hydrogen-bond acceptors (Lipinski definition) is 4. The summed E-state index contributed by atoms with van der Waals surface area (Å²) >= 11 is 3.42. The smallest absolute Gasteiger partial charge is 0.222 e. The van der Waals surface area contributed by atoms with E-state index in [1.807, 2.05) is 36.2 Å². The lowest BCUT2D eigenvalue weighted by Gasteiger charge is -2.22. The lowest BCUT2D eigenvalue weighted by molar-refractivity contribution is -0.121. The molecule has 1 atom stereocenters. The molecule has 0 aromatic heterocycles. The van der Waals surface area contributed by atoms with Crippen LogP contribution in [0.5, 0.6) is 0 Å². The maximum atomic E-state index is 12.0. The number of hydrogen-bond donors (Lipinski definition) is 2. The highest BCUT2D eigenvalue weighted by atomic mass is 127. The van der Waals surface area contributed by atoms with Crippen molar-refractivity contribution in [1.82, 2.24) is 15.5 Å². The molecule has 1 aromatic carbocycles. The van der Waals surface area contributed by atoms with E-state index in [0.717, 1.165) is 10.0 Å². The van der Waals surface area contributed by atoms with E-state index < -0.39 is 9.84 Å². The zero-order valence-corrected chi connectivity index (χ0v) is 20.2. The first-order valence-corrected chi connectivity index (χ1v) is 11.1. The second kappa shape index (κ2) is 11.2. The Morgan fingerprint density at radius 2 is 2.00 bits per heavy atom. The standard InChI is InChI=1S/C17H25BrN4O3S.HI/c1-19-17(22(2)11-13-3-5-14(18)6-4-13)20-9-7-16(23)21-15-8-10-26(24,25)12-15;/h3-6,15H,7-12H2,1-2H3,(H,19,20)(H,21,23);1H. The average molecular weight is 573 g/mol. The minimum atomic E-state index is -2.98. The minimum Gasteiger partial charge on any atom is -0.356 e. The van der Waals surface area contributed by atoms with Crippen LogP contribution in [-0.2, 0) is 21.2 Å². The molecule has 1 aliphatic rings. The molecule has 152 valence electrons. The fraction of sp³-hybridized carbons (Fsp3) is 0.529. The molecule has 2 rings (SSSR count). The summed E-state index contributed by atoms with van der Waals surface area (Å²) < 4.78 is 23.9. The van der Waals surface area contributed by atoms with Crippen LogP contribution in [0.15, 0.2) is 33.7 Å². The van der Waals surface area contributed by atoms with Crippen molar-refractivity contribution >= 4 is 61.6 Å². The molecular formula is C17H26BrIN4O3S. The number of aliphatic imine (C=N–C) groups is 1. The second-order valence-electron chi connectivity index (χ2n) is 6.37. The number of carbonyl (C=O) groups excluding carboxylic acids is 1. The molecule has 0 spiro atoms. The van der Waals surface area contributed by atoms with Crippen LogP contribution in [0, 0.1) is 0 Å². The van der Waals surface area contributed by atoms with Crippen LogP contribution in [-0.4, -0.2) is 63.4 Å². The van der Waals surface area contributed by atoms with E-state index in [1.165, 1.54) is 0 Å². The van der Waals surface area contributed by atoms with Gasteiger partial charge in [0.05, 0.1) is 11.5 Å². The summed E-state index contributed by atoms with van der Waals surface area (Å²) in [4.78, 5) is 18.2. The van der Waals surface area contributed by atoms with E-state index in [9.17, 15) is 13.2 Å². The van der Waals surface area contributed by atoms with Gasteiger partial charge in [0.15, 0.2) is 15.8 Å². The first-order valence-electron chi connectivity index (χ1n) is 8.45. The number of sulfone groups is 1. The number of amides is 1. The third-order valence-electron chi connectivity index (χ3n) is 4.14. The Morgan fingerprint density at radius 1 is 1.33 bits per heavy atom. The largest absolute Gasteiger partial charge is 0.356 e. The van der Waals surface area contributed by atoms with Gasteiger partial charge in [0, 0.05) is 44.1 Å². The van der Waals surface area contributed by atoms with E-state index in [-0.39, 0.29) is 53.9 Å². The summed E-state index contributed by atoms with van der Waals surface area (Å²) in [6.07, 6.45) is 0.765. The number of guanidine groups is 1. The molecule has 0 radical (unpaired) electrons. The summed E-state index contributed by atoms with van der Waals surface area (Å²) in [5.74, 6) is 0.753. The van der Waals surface area contributed by atoms with Crippen molar-refractivity contribution in [2.45, 2.75) is 25.4 Å². The molecule has 27 heavy (non-hydrogen) atoms. The van der Waals surface area contributed by atoms with Gasteiger partial charge < -0.3 is 15.5 Å². The van der Waals surface area contributed by atoms with Gasteiger partial charge in [-0.15, -0.1) is 24.0 Å². The first kappa shape index (κ1) is 24.2. The number of benzene rings is 1. The SMILES string of the molecule is CN=C(NCCC(=O)NC1CCS(=O)(=O)C1)N(C)Cc1ccc(Br)cc1.I. The molecule has 10 heteroatoms. The molecule has 1 aliphatic heterocycles. The Hall–Kier alpha value is -0.880. The van der Waals surface area contributed by atoms with Gasteiger partial charge in [-0.2, -0.15) is 0 Å². The van der Waals surface area contributed by atoms with Crippen molar-refractivity contribution in [3.63, 3.8) is 0 Å². The van der Waals surface area contributed by atoms with Crippen molar-refractivity contribution in [2.24, 2.45) is 4.99 Å². The van der Waals surface area contributed by atoms with Gasteiger partial charge in [-0.1, -0.05) is 28.1 Å². The Balaban J connectivity index is 0.00000364. The molecule has 1 amide bonds.